The van der Waals surface area contributed by atoms with Crippen LogP contribution in [0, 0.1) is 5.92 Å². The van der Waals surface area contributed by atoms with E-state index in [4.69, 9.17) is 5.11 Å². The third kappa shape index (κ3) is 3.51. The molecule has 3 rings (SSSR count). The van der Waals surface area contributed by atoms with Crippen LogP contribution in [0.25, 0.3) is 0 Å². The van der Waals surface area contributed by atoms with Gasteiger partial charge in [0.1, 0.15) is 0 Å². The number of carbonyl (C=O) groups is 1. The SMILES string of the molecule is O=C(NC[C@@H]1CCCN1C1CCCCC1)N1CC(CO)C1. The quantitative estimate of drug-likeness (QED) is 0.825. The summed E-state index contributed by atoms with van der Waals surface area (Å²) in [4.78, 5) is 16.5. The monoisotopic (exact) mass is 295 g/mol. The highest BCUT2D eigenvalue weighted by Crippen LogP contribution is 2.29. The zero-order valence-electron chi connectivity index (χ0n) is 13.0. The van der Waals surface area contributed by atoms with E-state index in [1.54, 1.807) is 4.90 Å². The van der Waals surface area contributed by atoms with Gasteiger partial charge in [0.05, 0.1) is 0 Å². The average molecular weight is 295 g/mol. The summed E-state index contributed by atoms with van der Waals surface area (Å²) in [6, 6.07) is 1.34. The van der Waals surface area contributed by atoms with Crippen molar-refractivity contribution in [3.63, 3.8) is 0 Å². The number of amides is 2. The third-order valence-corrected chi connectivity index (χ3v) is 5.46. The first-order valence-corrected chi connectivity index (χ1v) is 8.67. The maximum atomic E-state index is 12.0. The van der Waals surface area contributed by atoms with Crippen LogP contribution in [0.4, 0.5) is 4.79 Å². The molecule has 2 heterocycles. The van der Waals surface area contributed by atoms with Crippen molar-refractivity contribution in [2.24, 2.45) is 5.92 Å². The first kappa shape index (κ1) is 15.1. The molecule has 5 nitrogen and oxygen atoms in total. The van der Waals surface area contributed by atoms with E-state index in [-0.39, 0.29) is 12.6 Å². The van der Waals surface area contributed by atoms with Crippen LogP contribution in [0.15, 0.2) is 0 Å². The van der Waals surface area contributed by atoms with Crippen LogP contribution < -0.4 is 5.32 Å². The first-order valence-electron chi connectivity index (χ1n) is 8.67. The molecule has 1 aliphatic carbocycles. The van der Waals surface area contributed by atoms with Crippen LogP contribution in [0.5, 0.6) is 0 Å². The number of urea groups is 1. The van der Waals surface area contributed by atoms with E-state index < -0.39 is 0 Å². The van der Waals surface area contributed by atoms with Gasteiger partial charge in [0.2, 0.25) is 0 Å². The van der Waals surface area contributed by atoms with E-state index in [1.165, 1.54) is 51.5 Å². The number of carbonyl (C=O) groups excluding carboxylic acids is 1. The molecular weight excluding hydrogens is 266 g/mol. The highest BCUT2D eigenvalue weighted by atomic mass is 16.3. The smallest absolute Gasteiger partial charge is 0.317 e. The van der Waals surface area contributed by atoms with Gasteiger partial charge in [-0.1, -0.05) is 19.3 Å². The maximum absolute atomic E-state index is 12.0. The summed E-state index contributed by atoms with van der Waals surface area (Å²) in [7, 11) is 0. The Morgan fingerprint density at radius 1 is 1.10 bits per heavy atom. The Morgan fingerprint density at radius 3 is 2.57 bits per heavy atom. The minimum Gasteiger partial charge on any atom is -0.396 e. The Labute approximate surface area is 127 Å². The van der Waals surface area contributed by atoms with Crippen molar-refractivity contribution in [1.29, 1.82) is 0 Å². The highest BCUT2D eigenvalue weighted by Gasteiger charge is 2.33. The second-order valence-electron chi connectivity index (χ2n) is 6.97. The molecule has 5 heteroatoms. The highest BCUT2D eigenvalue weighted by molar-refractivity contribution is 5.75. The van der Waals surface area contributed by atoms with Crippen molar-refractivity contribution in [3.05, 3.63) is 0 Å². The summed E-state index contributed by atoms with van der Waals surface area (Å²) in [6.07, 6.45) is 9.31. The molecule has 2 aliphatic heterocycles. The molecule has 0 bridgehead atoms. The molecule has 0 radical (unpaired) electrons. The van der Waals surface area contributed by atoms with Gasteiger partial charge in [-0.25, -0.2) is 4.79 Å². The lowest BCUT2D eigenvalue weighted by molar-refractivity contribution is 0.0755. The number of aliphatic hydroxyl groups is 1. The molecule has 0 aromatic rings. The van der Waals surface area contributed by atoms with Crippen molar-refractivity contribution < 1.29 is 9.90 Å². The summed E-state index contributed by atoms with van der Waals surface area (Å²) in [6.45, 7) is 3.61. The Bertz CT molecular complexity index is 351. The second kappa shape index (κ2) is 6.97. The molecule has 2 saturated heterocycles. The number of likely N-dealkylation sites (tertiary alicyclic amines) is 2. The molecular formula is C16H29N3O2. The van der Waals surface area contributed by atoms with Crippen LogP contribution in [0.1, 0.15) is 44.9 Å². The van der Waals surface area contributed by atoms with E-state index >= 15 is 0 Å². The van der Waals surface area contributed by atoms with Crippen molar-refractivity contribution in [2.45, 2.75) is 57.0 Å². The zero-order valence-corrected chi connectivity index (χ0v) is 13.0. The summed E-state index contributed by atoms with van der Waals surface area (Å²) >= 11 is 0. The number of hydrogen-bond donors (Lipinski definition) is 2. The van der Waals surface area contributed by atoms with Gasteiger partial charge in [0, 0.05) is 44.2 Å². The fourth-order valence-electron chi connectivity index (χ4n) is 4.14. The molecule has 1 saturated carbocycles. The minimum absolute atomic E-state index is 0.0511. The predicted octanol–water partition coefficient (Wildman–Crippen LogP) is 1.42. The molecule has 0 spiro atoms. The number of rotatable bonds is 4. The molecule has 120 valence electrons. The summed E-state index contributed by atoms with van der Waals surface area (Å²) < 4.78 is 0. The van der Waals surface area contributed by atoms with E-state index in [2.05, 4.69) is 10.2 Å². The Hall–Kier alpha value is -0.810. The normalized spacial score (nSPS) is 28.6. The lowest BCUT2D eigenvalue weighted by Gasteiger charge is -2.39. The second-order valence-corrected chi connectivity index (χ2v) is 6.97. The van der Waals surface area contributed by atoms with E-state index in [9.17, 15) is 4.79 Å². The Morgan fingerprint density at radius 2 is 1.86 bits per heavy atom. The van der Waals surface area contributed by atoms with Crippen LogP contribution >= 0.6 is 0 Å². The minimum atomic E-state index is 0.0511. The van der Waals surface area contributed by atoms with E-state index in [0.717, 1.165) is 12.6 Å². The molecule has 0 aromatic carbocycles. The van der Waals surface area contributed by atoms with Gasteiger partial charge in [0.15, 0.2) is 0 Å². The lowest BCUT2D eigenvalue weighted by atomic mass is 9.94. The summed E-state index contributed by atoms with van der Waals surface area (Å²) in [5, 5.41) is 12.1. The van der Waals surface area contributed by atoms with E-state index in [0.29, 0.717) is 25.0 Å². The van der Waals surface area contributed by atoms with Crippen LogP contribution in [0.2, 0.25) is 0 Å². The van der Waals surface area contributed by atoms with Crippen molar-refractivity contribution in [2.75, 3.05) is 32.8 Å². The Kier molecular flexibility index (Phi) is 5.01. The number of hydrogen-bond acceptors (Lipinski definition) is 3. The molecule has 0 unspecified atom stereocenters. The van der Waals surface area contributed by atoms with Crippen molar-refractivity contribution >= 4 is 6.03 Å². The van der Waals surface area contributed by atoms with Gasteiger partial charge in [-0.2, -0.15) is 0 Å². The molecule has 0 aromatic heterocycles. The topological polar surface area (TPSA) is 55.8 Å². The van der Waals surface area contributed by atoms with Crippen LogP contribution in [0.3, 0.4) is 0 Å². The van der Waals surface area contributed by atoms with Crippen molar-refractivity contribution in [1.82, 2.24) is 15.1 Å². The van der Waals surface area contributed by atoms with Crippen LogP contribution in [-0.2, 0) is 0 Å². The molecule has 2 N–H and O–H groups in total. The number of nitrogens with one attached hydrogen (secondary N) is 1. The fraction of sp³-hybridized carbons (Fsp3) is 0.938. The molecule has 21 heavy (non-hydrogen) atoms. The predicted molar refractivity (Wildman–Crippen MR) is 82.1 cm³/mol. The summed E-state index contributed by atoms with van der Waals surface area (Å²) in [5.41, 5.74) is 0. The van der Waals surface area contributed by atoms with Gasteiger partial charge in [-0.3, -0.25) is 4.90 Å². The lowest BCUT2D eigenvalue weighted by Crippen LogP contribution is -2.56. The van der Waals surface area contributed by atoms with Gasteiger partial charge in [-0.05, 0) is 32.2 Å². The maximum Gasteiger partial charge on any atom is 0.317 e. The Balaban J connectivity index is 1.42. The first-order chi connectivity index (χ1) is 10.3. The molecule has 1 atom stereocenters. The zero-order chi connectivity index (χ0) is 14.7. The van der Waals surface area contributed by atoms with Gasteiger partial charge >= 0.3 is 6.03 Å². The number of aliphatic hydroxyl groups excluding tert-OH is 1. The molecule has 2 amide bonds. The molecule has 3 aliphatic rings. The largest absolute Gasteiger partial charge is 0.396 e. The van der Waals surface area contributed by atoms with Crippen LogP contribution in [-0.4, -0.2) is 65.8 Å². The molecule has 3 fully saturated rings. The standard InChI is InChI=1S/C16H29N3O2/c20-12-13-10-18(11-13)16(21)17-9-15-7-4-8-19(15)14-5-2-1-3-6-14/h13-15,20H,1-12H2,(H,17,21)/t15-/m0/s1. The van der Waals surface area contributed by atoms with Crippen molar-refractivity contribution in [3.8, 4) is 0 Å². The fourth-order valence-corrected chi connectivity index (χ4v) is 4.14. The van der Waals surface area contributed by atoms with Gasteiger partial charge < -0.3 is 15.3 Å². The third-order valence-electron chi connectivity index (χ3n) is 5.46. The number of nitrogens with zero attached hydrogens (tertiary/aromatic N) is 2. The van der Waals surface area contributed by atoms with Gasteiger partial charge in [-0.15, -0.1) is 0 Å². The summed E-state index contributed by atoms with van der Waals surface area (Å²) in [5.74, 6) is 0.293. The average Bonchev–Trinajstić information content (AvgIpc) is 2.93. The van der Waals surface area contributed by atoms with Gasteiger partial charge in [0.25, 0.3) is 0 Å². The van der Waals surface area contributed by atoms with E-state index in [1.807, 2.05) is 0 Å².